The zero-order valence-corrected chi connectivity index (χ0v) is 15.9. The number of hydrogen-bond acceptors (Lipinski definition) is 4. The van der Waals surface area contributed by atoms with E-state index in [1.807, 2.05) is 36.1 Å². The van der Waals surface area contributed by atoms with E-state index in [2.05, 4.69) is 42.2 Å². The maximum atomic E-state index is 12.5. The van der Waals surface area contributed by atoms with Crippen LogP contribution in [0.1, 0.15) is 47.0 Å². The minimum Gasteiger partial charge on any atom is -0.337 e. The molecule has 0 N–H and O–H groups in total. The second kappa shape index (κ2) is 6.99. The van der Waals surface area contributed by atoms with Gasteiger partial charge in [-0.15, -0.1) is 0 Å². The Balaban J connectivity index is 1.60. The Morgan fingerprint density at radius 3 is 2.59 bits per heavy atom. The summed E-state index contributed by atoms with van der Waals surface area (Å²) >= 11 is 0. The summed E-state index contributed by atoms with van der Waals surface area (Å²) in [4.78, 5) is 19.0. The molecule has 1 atom stereocenters. The number of carbonyl (C=O) groups excluding carboxylic acids is 1. The van der Waals surface area contributed by atoms with Crippen LogP contribution in [0.3, 0.4) is 0 Å². The number of nitrogens with zero attached hydrogens (tertiary/aromatic N) is 3. The van der Waals surface area contributed by atoms with Crippen molar-refractivity contribution in [3.63, 3.8) is 0 Å². The molecule has 5 nitrogen and oxygen atoms in total. The lowest BCUT2D eigenvalue weighted by Gasteiger charge is -2.23. The first-order valence-electron chi connectivity index (χ1n) is 9.27. The summed E-state index contributed by atoms with van der Waals surface area (Å²) in [5.74, 6) is 1.22. The third-order valence-electron chi connectivity index (χ3n) is 5.21. The van der Waals surface area contributed by atoms with Gasteiger partial charge in [0.05, 0.1) is 0 Å². The van der Waals surface area contributed by atoms with E-state index >= 15 is 0 Å². The van der Waals surface area contributed by atoms with Crippen LogP contribution in [0.25, 0.3) is 11.4 Å². The molecule has 0 saturated carbocycles. The van der Waals surface area contributed by atoms with Crippen molar-refractivity contribution < 1.29 is 9.32 Å². The van der Waals surface area contributed by atoms with E-state index in [-0.39, 0.29) is 11.9 Å². The van der Waals surface area contributed by atoms with Gasteiger partial charge in [-0.3, -0.25) is 4.79 Å². The van der Waals surface area contributed by atoms with Crippen LogP contribution < -0.4 is 0 Å². The fourth-order valence-corrected chi connectivity index (χ4v) is 3.53. The summed E-state index contributed by atoms with van der Waals surface area (Å²) in [6.45, 7) is 6.75. The van der Waals surface area contributed by atoms with Crippen LogP contribution in [0.2, 0.25) is 0 Å². The molecule has 2 heterocycles. The van der Waals surface area contributed by atoms with Crippen molar-refractivity contribution >= 4 is 5.91 Å². The number of amides is 1. The van der Waals surface area contributed by atoms with Gasteiger partial charge in [-0.1, -0.05) is 58.7 Å². The van der Waals surface area contributed by atoms with Crippen LogP contribution in [-0.2, 0) is 11.3 Å². The quantitative estimate of drug-likeness (QED) is 0.685. The van der Waals surface area contributed by atoms with Crippen LogP contribution in [-0.4, -0.2) is 20.9 Å². The van der Waals surface area contributed by atoms with Crippen molar-refractivity contribution in [2.24, 2.45) is 0 Å². The van der Waals surface area contributed by atoms with Gasteiger partial charge in [0.15, 0.2) is 0 Å². The van der Waals surface area contributed by atoms with Gasteiger partial charge in [0.2, 0.25) is 17.6 Å². The highest BCUT2D eigenvalue weighted by Crippen LogP contribution is 2.34. The Bertz CT molecular complexity index is 975. The topological polar surface area (TPSA) is 59.2 Å². The molecular formula is C22H23N3O2. The Kier molecular flexibility index (Phi) is 4.52. The SMILES string of the molecule is Cc1ccc(-c2noc(C3CCC(=O)N3Cc3cc(C)ccc3C)n2)cc1. The summed E-state index contributed by atoms with van der Waals surface area (Å²) in [5.41, 5.74) is 5.64. The Morgan fingerprint density at radius 2 is 1.81 bits per heavy atom. The third-order valence-corrected chi connectivity index (χ3v) is 5.21. The smallest absolute Gasteiger partial charge is 0.249 e. The summed E-state index contributed by atoms with van der Waals surface area (Å²) in [6, 6.07) is 14.2. The van der Waals surface area contributed by atoms with E-state index in [1.165, 1.54) is 16.7 Å². The average Bonchev–Trinajstić information content (AvgIpc) is 3.26. The van der Waals surface area contributed by atoms with Crippen molar-refractivity contribution in [1.29, 1.82) is 0 Å². The predicted molar refractivity (Wildman–Crippen MR) is 103 cm³/mol. The lowest BCUT2D eigenvalue weighted by molar-refractivity contribution is -0.130. The van der Waals surface area contributed by atoms with Crippen LogP contribution in [0.15, 0.2) is 47.0 Å². The van der Waals surface area contributed by atoms with Gasteiger partial charge in [0, 0.05) is 18.5 Å². The van der Waals surface area contributed by atoms with Gasteiger partial charge in [0.1, 0.15) is 6.04 Å². The average molecular weight is 361 g/mol. The lowest BCUT2D eigenvalue weighted by atomic mass is 10.0. The molecule has 1 unspecified atom stereocenters. The van der Waals surface area contributed by atoms with Gasteiger partial charge in [-0.25, -0.2) is 0 Å². The number of carbonyl (C=O) groups is 1. The zero-order valence-electron chi connectivity index (χ0n) is 15.9. The molecule has 1 fully saturated rings. The molecule has 1 aliphatic rings. The molecule has 27 heavy (non-hydrogen) atoms. The van der Waals surface area contributed by atoms with Crippen molar-refractivity contribution in [2.45, 2.75) is 46.2 Å². The summed E-state index contributed by atoms with van der Waals surface area (Å²) < 4.78 is 5.55. The van der Waals surface area contributed by atoms with Crippen LogP contribution in [0.5, 0.6) is 0 Å². The third kappa shape index (κ3) is 3.50. The molecular weight excluding hydrogens is 338 g/mol. The van der Waals surface area contributed by atoms with Gasteiger partial charge >= 0.3 is 0 Å². The highest BCUT2D eigenvalue weighted by Gasteiger charge is 2.36. The van der Waals surface area contributed by atoms with E-state index in [9.17, 15) is 4.79 Å². The van der Waals surface area contributed by atoms with Crippen LogP contribution in [0.4, 0.5) is 0 Å². The van der Waals surface area contributed by atoms with Crippen LogP contribution >= 0.6 is 0 Å². The number of aromatic nitrogens is 2. The monoisotopic (exact) mass is 361 g/mol. The minimum atomic E-state index is -0.163. The molecule has 1 saturated heterocycles. The maximum absolute atomic E-state index is 12.5. The standard InChI is InChI=1S/C22H23N3O2/c1-14-5-8-17(9-6-14)21-23-22(27-24-21)19-10-11-20(26)25(19)13-18-12-15(2)4-7-16(18)3/h4-9,12,19H,10-11,13H2,1-3H3. The molecule has 0 bridgehead atoms. The van der Waals surface area contributed by atoms with Crippen molar-refractivity contribution in [3.8, 4) is 11.4 Å². The van der Waals surface area contributed by atoms with Crippen molar-refractivity contribution in [1.82, 2.24) is 15.0 Å². The summed E-state index contributed by atoms with van der Waals surface area (Å²) in [6.07, 6.45) is 1.22. The molecule has 3 aromatic rings. The highest BCUT2D eigenvalue weighted by atomic mass is 16.5. The van der Waals surface area contributed by atoms with Crippen molar-refractivity contribution in [2.75, 3.05) is 0 Å². The highest BCUT2D eigenvalue weighted by molar-refractivity contribution is 5.79. The molecule has 1 aliphatic heterocycles. The Morgan fingerprint density at radius 1 is 1.07 bits per heavy atom. The summed E-state index contributed by atoms with van der Waals surface area (Å²) in [7, 11) is 0. The largest absolute Gasteiger partial charge is 0.337 e. The first-order valence-corrected chi connectivity index (χ1v) is 9.27. The Hall–Kier alpha value is -2.95. The van der Waals surface area contributed by atoms with E-state index in [4.69, 9.17) is 4.52 Å². The molecule has 4 rings (SSSR count). The van der Waals surface area contributed by atoms with E-state index in [1.54, 1.807) is 0 Å². The molecule has 5 heteroatoms. The minimum absolute atomic E-state index is 0.135. The summed E-state index contributed by atoms with van der Waals surface area (Å²) in [5, 5.41) is 4.13. The molecule has 138 valence electrons. The lowest BCUT2D eigenvalue weighted by Crippen LogP contribution is -2.27. The normalized spacial score (nSPS) is 16.9. The number of likely N-dealkylation sites (tertiary alicyclic amines) is 1. The number of hydrogen-bond donors (Lipinski definition) is 0. The second-order valence-electron chi connectivity index (χ2n) is 7.33. The molecule has 0 spiro atoms. The Labute approximate surface area is 159 Å². The van der Waals surface area contributed by atoms with Crippen LogP contribution in [0, 0.1) is 20.8 Å². The fourth-order valence-electron chi connectivity index (χ4n) is 3.53. The van der Waals surface area contributed by atoms with Crippen molar-refractivity contribution in [3.05, 3.63) is 70.6 Å². The zero-order chi connectivity index (χ0) is 19.0. The number of benzene rings is 2. The second-order valence-corrected chi connectivity index (χ2v) is 7.33. The molecule has 0 aliphatic carbocycles. The molecule has 2 aromatic carbocycles. The van der Waals surface area contributed by atoms with E-state index in [0.717, 1.165) is 11.1 Å². The van der Waals surface area contributed by atoms with Gasteiger partial charge in [-0.2, -0.15) is 4.98 Å². The molecule has 1 amide bonds. The van der Waals surface area contributed by atoms with Gasteiger partial charge in [0.25, 0.3) is 0 Å². The van der Waals surface area contributed by atoms with E-state index in [0.29, 0.717) is 31.1 Å². The predicted octanol–water partition coefficient (Wildman–Crippen LogP) is 4.53. The first-order chi connectivity index (χ1) is 13.0. The number of rotatable bonds is 4. The fraction of sp³-hybridized carbons (Fsp3) is 0.318. The molecule has 1 aromatic heterocycles. The van der Waals surface area contributed by atoms with E-state index < -0.39 is 0 Å². The van der Waals surface area contributed by atoms with Gasteiger partial charge < -0.3 is 9.42 Å². The number of aryl methyl sites for hydroxylation is 3. The maximum Gasteiger partial charge on any atom is 0.249 e. The molecule has 0 radical (unpaired) electrons. The van der Waals surface area contributed by atoms with Gasteiger partial charge in [-0.05, 0) is 38.3 Å². The first kappa shape index (κ1) is 17.5.